The molecule has 1 amide bonds. The van der Waals surface area contributed by atoms with Gasteiger partial charge in [0, 0.05) is 18.5 Å². The van der Waals surface area contributed by atoms with Crippen LogP contribution in [0.4, 0.5) is 0 Å². The Balaban J connectivity index is 3.23. The molecule has 0 atom stereocenters. The Morgan fingerprint density at radius 1 is 0.727 bits per heavy atom. The number of nitrogens with zero attached hydrogens (tertiary/aromatic N) is 1. The molecule has 0 aromatic carbocycles. The second-order valence-electron chi connectivity index (χ2n) is 5.98. The lowest BCUT2D eigenvalue weighted by Gasteiger charge is -2.06. The van der Waals surface area contributed by atoms with E-state index >= 15 is 0 Å². The molecule has 0 unspecified atom stereocenters. The summed E-state index contributed by atoms with van der Waals surface area (Å²) in [4.78, 5) is 12.5. The Morgan fingerprint density at radius 2 is 1.09 bits per heavy atom. The third-order valence-electron chi connectivity index (χ3n) is 4.00. The first-order valence-corrected chi connectivity index (χ1v) is 9.01. The zero-order valence-corrected chi connectivity index (χ0v) is 14.4. The molecule has 0 fully saturated rings. The van der Waals surface area contributed by atoms with Gasteiger partial charge in [-0.25, -0.2) is 0 Å². The van der Waals surface area contributed by atoms with Gasteiger partial charge < -0.3 is 0 Å². The predicted molar refractivity (Wildman–Crippen MR) is 94.8 cm³/mol. The third-order valence-corrected chi connectivity index (χ3v) is 4.00. The Bertz CT molecular complexity index is 334. The minimum Gasteiger partial charge on any atom is -0.273 e. The van der Waals surface area contributed by atoms with Crippen LogP contribution in [0.25, 0.3) is 0 Å². The zero-order valence-electron chi connectivity index (χ0n) is 14.4. The molecule has 0 spiro atoms. The molecular formula is C20H33NO. The number of unbranched alkanes of at least 4 members (excludes halogenated alkanes) is 12. The van der Waals surface area contributed by atoms with Crippen LogP contribution in [0, 0.1) is 24.9 Å². The van der Waals surface area contributed by atoms with Crippen molar-refractivity contribution in [3.05, 3.63) is 0 Å². The van der Waals surface area contributed by atoms with Gasteiger partial charge in [0.05, 0.1) is 0 Å². The quantitative estimate of drug-likeness (QED) is 0.236. The molecule has 0 aliphatic carbocycles. The first-order valence-electron chi connectivity index (χ1n) is 9.01. The smallest absolute Gasteiger partial charge is 0.246 e. The largest absolute Gasteiger partial charge is 0.273 e. The van der Waals surface area contributed by atoms with Crippen LogP contribution in [0.1, 0.15) is 96.8 Å². The van der Waals surface area contributed by atoms with Crippen LogP contribution in [0.15, 0.2) is 0 Å². The third kappa shape index (κ3) is 12.3. The molecule has 0 heterocycles. The van der Waals surface area contributed by atoms with Gasteiger partial charge in [0.1, 0.15) is 0 Å². The predicted octanol–water partition coefficient (Wildman–Crippen LogP) is 5.48. The monoisotopic (exact) mass is 303 g/mol. The SMILES string of the molecule is C#CN(C#C)C(=O)CCCCCCCCCCCCCCC. The van der Waals surface area contributed by atoms with Crippen molar-refractivity contribution in [1.29, 1.82) is 0 Å². The van der Waals surface area contributed by atoms with Crippen LogP contribution in [0.5, 0.6) is 0 Å². The summed E-state index contributed by atoms with van der Waals surface area (Å²) in [6.45, 7) is 2.26. The molecule has 0 aromatic rings. The van der Waals surface area contributed by atoms with Crippen molar-refractivity contribution < 1.29 is 4.79 Å². The number of amides is 1. The first-order chi connectivity index (χ1) is 10.8. The normalized spacial score (nSPS) is 9.95. The molecule has 0 bridgehead atoms. The van der Waals surface area contributed by atoms with Gasteiger partial charge in [-0.2, -0.15) is 4.90 Å². The lowest BCUT2D eigenvalue weighted by atomic mass is 10.0. The van der Waals surface area contributed by atoms with Gasteiger partial charge in [-0.1, -0.05) is 96.8 Å². The fourth-order valence-corrected chi connectivity index (χ4v) is 2.59. The Morgan fingerprint density at radius 3 is 1.45 bits per heavy atom. The lowest BCUT2D eigenvalue weighted by Crippen LogP contribution is -2.20. The molecule has 124 valence electrons. The van der Waals surface area contributed by atoms with E-state index in [0.717, 1.165) is 17.7 Å². The molecule has 0 radical (unpaired) electrons. The summed E-state index contributed by atoms with van der Waals surface area (Å²) in [6.07, 6.45) is 27.6. The van der Waals surface area contributed by atoms with Gasteiger partial charge >= 0.3 is 0 Å². The summed E-state index contributed by atoms with van der Waals surface area (Å²) in [6, 6.07) is 4.39. The molecule has 0 N–H and O–H groups in total. The van der Waals surface area contributed by atoms with Crippen molar-refractivity contribution in [1.82, 2.24) is 4.90 Å². The van der Waals surface area contributed by atoms with E-state index in [9.17, 15) is 4.79 Å². The van der Waals surface area contributed by atoms with Gasteiger partial charge in [-0.3, -0.25) is 4.79 Å². The zero-order chi connectivity index (χ0) is 16.5. The van der Waals surface area contributed by atoms with Crippen LogP contribution in [-0.2, 0) is 4.79 Å². The van der Waals surface area contributed by atoms with E-state index < -0.39 is 0 Å². The maximum atomic E-state index is 11.5. The van der Waals surface area contributed by atoms with E-state index in [1.165, 1.54) is 70.6 Å². The number of hydrogen-bond acceptors (Lipinski definition) is 1. The van der Waals surface area contributed by atoms with Gasteiger partial charge in [-0.05, 0) is 6.42 Å². The van der Waals surface area contributed by atoms with Crippen molar-refractivity contribution in [2.45, 2.75) is 96.8 Å². The van der Waals surface area contributed by atoms with E-state index in [4.69, 9.17) is 12.8 Å². The summed E-state index contributed by atoms with van der Waals surface area (Å²) in [5.74, 6) is -0.131. The fraction of sp³-hybridized carbons (Fsp3) is 0.750. The molecular weight excluding hydrogens is 270 g/mol. The van der Waals surface area contributed by atoms with E-state index in [2.05, 4.69) is 19.0 Å². The highest BCUT2D eigenvalue weighted by Gasteiger charge is 2.07. The number of rotatable bonds is 14. The maximum absolute atomic E-state index is 11.5. The standard InChI is InChI=1S/C20H33NO/c1-4-7-8-9-10-11-12-13-14-15-16-17-18-19-20(22)21(5-2)6-3/h2-3H,4,7-19H2,1H3. The summed E-state index contributed by atoms with van der Waals surface area (Å²) in [5, 5.41) is 0. The Labute approximate surface area is 138 Å². The van der Waals surface area contributed by atoms with E-state index in [1.54, 1.807) is 0 Å². The highest BCUT2D eigenvalue weighted by atomic mass is 16.2. The fourth-order valence-electron chi connectivity index (χ4n) is 2.59. The second-order valence-corrected chi connectivity index (χ2v) is 5.98. The summed E-state index contributed by atoms with van der Waals surface area (Å²) >= 11 is 0. The van der Waals surface area contributed by atoms with Crippen molar-refractivity contribution in [3.63, 3.8) is 0 Å². The van der Waals surface area contributed by atoms with Gasteiger partial charge in [0.2, 0.25) is 5.91 Å². The van der Waals surface area contributed by atoms with E-state index in [-0.39, 0.29) is 5.91 Å². The molecule has 0 saturated carbocycles. The molecule has 0 saturated heterocycles. The molecule has 22 heavy (non-hydrogen) atoms. The Hall–Kier alpha value is -1.41. The molecule has 0 aliphatic heterocycles. The highest BCUT2D eigenvalue weighted by molar-refractivity contribution is 5.79. The molecule has 2 nitrogen and oxygen atoms in total. The van der Waals surface area contributed by atoms with Crippen LogP contribution < -0.4 is 0 Å². The number of carbonyl (C=O) groups is 1. The average molecular weight is 303 g/mol. The van der Waals surface area contributed by atoms with Crippen LogP contribution in [-0.4, -0.2) is 10.8 Å². The maximum Gasteiger partial charge on any atom is 0.246 e. The van der Waals surface area contributed by atoms with Crippen molar-refractivity contribution in [3.8, 4) is 24.9 Å². The minimum absolute atomic E-state index is 0.131. The van der Waals surface area contributed by atoms with Crippen molar-refractivity contribution in [2.75, 3.05) is 0 Å². The van der Waals surface area contributed by atoms with Crippen LogP contribution in [0.2, 0.25) is 0 Å². The second kappa shape index (κ2) is 16.0. The lowest BCUT2D eigenvalue weighted by molar-refractivity contribution is -0.125. The molecule has 0 rings (SSSR count). The minimum atomic E-state index is -0.131. The van der Waals surface area contributed by atoms with Gasteiger partial charge in [-0.15, -0.1) is 0 Å². The summed E-state index contributed by atoms with van der Waals surface area (Å²) in [5.41, 5.74) is 0. The van der Waals surface area contributed by atoms with Crippen LogP contribution in [0.3, 0.4) is 0 Å². The average Bonchev–Trinajstić information content (AvgIpc) is 2.53. The van der Waals surface area contributed by atoms with Crippen molar-refractivity contribution >= 4 is 5.91 Å². The first kappa shape index (κ1) is 20.6. The highest BCUT2D eigenvalue weighted by Crippen LogP contribution is 2.13. The number of carbonyl (C=O) groups excluding carboxylic acids is 1. The van der Waals surface area contributed by atoms with Gasteiger partial charge in [0.15, 0.2) is 0 Å². The van der Waals surface area contributed by atoms with E-state index in [1.807, 2.05) is 0 Å². The van der Waals surface area contributed by atoms with E-state index in [0.29, 0.717) is 6.42 Å². The topological polar surface area (TPSA) is 20.3 Å². The van der Waals surface area contributed by atoms with Gasteiger partial charge in [0.25, 0.3) is 0 Å². The molecule has 0 aromatic heterocycles. The summed E-state index contributed by atoms with van der Waals surface area (Å²) in [7, 11) is 0. The Kier molecular flexibility index (Phi) is 14.9. The molecule has 2 heteroatoms. The molecule has 0 aliphatic rings. The number of terminal acetylenes is 2. The summed E-state index contributed by atoms with van der Waals surface area (Å²) < 4.78 is 0. The van der Waals surface area contributed by atoms with Crippen molar-refractivity contribution in [2.24, 2.45) is 0 Å². The van der Waals surface area contributed by atoms with Crippen LogP contribution >= 0.6 is 0 Å². The number of hydrogen-bond donors (Lipinski definition) is 0.